The van der Waals surface area contributed by atoms with Gasteiger partial charge in [-0.2, -0.15) is 13.5 Å². The van der Waals surface area contributed by atoms with E-state index < -0.39 is 21.9 Å². The van der Waals surface area contributed by atoms with Crippen LogP contribution in [0.3, 0.4) is 0 Å². The molecule has 0 aliphatic rings. The standard InChI is InChI=1S/C22H34FN5O4S/c1-14(2)18-10-16(23)11-19(15(3)4)21(18)24-22(29)26-33(30,31)20-12-17(28(6)25-20)13-27(5)8-9-32-7/h10-12,14-15H,8-9,13H2,1-7H3,(H2,24,26,29). The lowest BCUT2D eigenvalue weighted by Crippen LogP contribution is -2.35. The van der Waals surface area contributed by atoms with E-state index >= 15 is 0 Å². The Morgan fingerprint density at radius 3 is 2.27 bits per heavy atom. The van der Waals surface area contributed by atoms with Crippen LogP contribution < -0.4 is 10.0 Å². The van der Waals surface area contributed by atoms with Gasteiger partial charge in [-0.15, -0.1) is 0 Å². The third-order valence-corrected chi connectivity index (χ3v) is 6.42. The van der Waals surface area contributed by atoms with Crippen molar-refractivity contribution in [2.24, 2.45) is 7.05 Å². The van der Waals surface area contributed by atoms with Crippen LogP contribution in [-0.4, -0.2) is 56.4 Å². The Morgan fingerprint density at radius 1 is 1.18 bits per heavy atom. The molecule has 0 unspecified atom stereocenters. The Kier molecular flexibility index (Phi) is 8.98. The third-order valence-electron chi connectivity index (χ3n) is 5.21. The van der Waals surface area contributed by atoms with Crippen molar-refractivity contribution in [3.05, 3.63) is 40.8 Å². The second-order valence-electron chi connectivity index (χ2n) is 8.66. The fourth-order valence-corrected chi connectivity index (χ4v) is 4.30. The van der Waals surface area contributed by atoms with E-state index in [4.69, 9.17) is 4.74 Å². The van der Waals surface area contributed by atoms with Gasteiger partial charge in [-0.05, 0) is 42.1 Å². The molecular formula is C22H34FN5O4S. The van der Waals surface area contributed by atoms with Crippen molar-refractivity contribution in [3.8, 4) is 0 Å². The number of hydrogen-bond acceptors (Lipinski definition) is 6. The minimum absolute atomic E-state index is 0.0847. The van der Waals surface area contributed by atoms with Gasteiger partial charge in [0.15, 0.2) is 5.03 Å². The highest BCUT2D eigenvalue weighted by Crippen LogP contribution is 2.33. The maximum absolute atomic E-state index is 14.1. The summed E-state index contributed by atoms with van der Waals surface area (Å²) in [6.45, 7) is 9.16. The van der Waals surface area contributed by atoms with Gasteiger partial charge in [-0.1, -0.05) is 27.7 Å². The SMILES string of the molecule is COCCN(C)Cc1cc(S(=O)(=O)NC(=O)Nc2c(C(C)C)cc(F)cc2C(C)C)nn1C. The van der Waals surface area contributed by atoms with Gasteiger partial charge in [0.05, 0.1) is 12.3 Å². The number of aryl methyl sites for hydroxylation is 1. The molecule has 2 aromatic rings. The number of sulfonamides is 1. The van der Waals surface area contributed by atoms with E-state index in [-0.39, 0.29) is 16.9 Å². The summed E-state index contributed by atoms with van der Waals surface area (Å²) in [5.41, 5.74) is 2.25. The number of carbonyl (C=O) groups is 1. The lowest BCUT2D eigenvalue weighted by atomic mass is 9.92. The maximum Gasteiger partial charge on any atom is 0.333 e. The van der Waals surface area contributed by atoms with Crippen LogP contribution in [0.4, 0.5) is 14.9 Å². The first kappa shape index (κ1) is 26.7. The van der Waals surface area contributed by atoms with Crippen molar-refractivity contribution in [1.29, 1.82) is 0 Å². The molecule has 0 saturated carbocycles. The van der Waals surface area contributed by atoms with Crippen LogP contribution in [0.25, 0.3) is 0 Å². The number of ether oxygens (including phenoxy) is 1. The van der Waals surface area contributed by atoms with Gasteiger partial charge in [0.2, 0.25) is 0 Å². The maximum atomic E-state index is 14.1. The minimum Gasteiger partial charge on any atom is -0.383 e. The first-order valence-electron chi connectivity index (χ1n) is 10.7. The molecule has 0 spiro atoms. The molecule has 2 rings (SSSR count). The van der Waals surface area contributed by atoms with Gasteiger partial charge in [-0.25, -0.2) is 13.9 Å². The van der Waals surface area contributed by atoms with Gasteiger partial charge in [0.1, 0.15) is 5.82 Å². The number of urea groups is 1. The Bertz CT molecular complexity index is 1050. The molecule has 1 aromatic carbocycles. The molecule has 2 N–H and O–H groups in total. The van der Waals surface area contributed by atoms with E-state index in [2.05, 4.69) is 10.4 Å². The van der Waals surface area contributed by atoms with Gasteiger partial charge < -0.3 is 10.1 Å². The number of benzene rings is 1. The number of likely N-dealkylation sites (N-methyl/N-ethyl adjacent to an activating group) is 1. The zero-order chi connectivity index (χ0) is 24.9. The van der Waals surface area contributed by atoms with Crippen LogP contribution >= 0.6 is 0 Å². The number of nitrogens with one attached hydrogen (secondary N) is 2. The number of methoxy groups -OCH3 is 1. The molecule has 0 saturated heterocycles. The summed E-state index contributed by atoms with van der Waals surface area (Å²) in [4.78, 5) is 14.6. The van der Waals surface area contributed by atoms with E-state index in [1.807, 2.05) is 44.4 Å². The highest BCUT2D eigenvalue weighted by atomic mass is 32.2. The zero-order valence-electron chi connectivity index (χ0n) is 20.3. The molecule has 0 fully saturated rings. The molecule has 184 valence electrons. The molecule has 0 atom stereocenters. The minimum atomic E-state index is -4.22. The van der Waals surface area contributed by atoms with Crippen molar-refractivity contribution in [2.45, 2.75) is 51.1 Å². The van der Waals surface area contributed by atoms with Crippen LogP contribution in [0.1, 0.15) is 56.4 Å². The van der Waals surface area contributed by atoms with Crippen molar-refractivity contribution in [1.82, 2.24) is 19.4 Å². The van der Waals surface area contributed by atoms with Crippen LogP contribution in [0.5, 0.6) is 0 Å². The van der Waals surface area contributed by atoms with E-state index in [9.17, 15) is 17.6 Å². The Hall–Kier alpha value is -2.50. The summed E-state index contributed by atoms with van der Waals surface area (Å²) in [5, 5.41) is 6.42. The van der Waals surface area contributed by atoms with Crippen LogP contribution in [0.2, 0.25) is 0 Å². The number of nitrogens with zero attached hydrogens (tertiary/aromatic N) is 3. The third kappa shape index (κ3) is 6.99. The molecule has 11 heteroatoms. The average molecular weight is 484 g/mol. The fourth-order valence-electron chi connectivity index (χ4n) is 3.38. The molecular weight excluding hydrogens is 449 g/mol. The highest BCUT2D eigenvalue weighted by molar-refractivity contribution is 7.90. The lowest BCUT2D eigenvalue weighted by molar-refractivity contribution is 0.157. The summed E-state index contributed by atoms with van der Waals surface area (Å²) < 4.78 is 48.3. The van der Waals surface area contributed by atoms with E-state index in [1.165, 1.54) is 22.9 Å². The van der Waals surface area contributed by atoms with E-state index in [0.717, 1.165) is 0 Å². The normalized spacial score (nSPS) is 12.1. The van der Waals surface area contributed by atoms with Gasteiger partial charge in [-0.3, -0.25) is 9.58 Å². The number of hydrogen-bond donors (Lipinski definition) is 2. The summed E-state index contributed by atoms with van der Waals surface area (Å²) >= 11 is 0. The molecule has 1 aromatic heterocycles. The predicted molar refractivity (Wildman–Crippen MR) is 125 cm³/mol. The molecule has 0 aliphatic carbocycles. The lowest BCUT2D eigenvalue weighted by Gasteiger charge is -2.20. The van der Waals surface area contributed by atoms with Gasteiger partial charge in [0.25, 0.3) is 10.0 Å². The average Bonchev–Trinajstić information content (AvgIpc) is 3.07. The van der Waals surface area contributed by atoms with Crippen LogP contribution in [-0.2, 0) is 28.4 Å². The largest absolute Gasteiger partial charge is 0.383 e. The molecule has 0 radical (unpaired) electrons. The van der Waals surface area contributed by atoms with Crippen molar-refractivity contribution in [2.75, 3.05) is 32.6 Å². The van der Waals surface area contributed by atoms with Crippen LogP contribution in [0.15, 0.2) is 23.2 Å². The van der Waals surface area contributed by atoms with E-state index in [0.29, 0.717) is 42.2 Å². The monoisotopic (exact) mass is 483 g/mol. The topological polar surface area (TPSA) is 106 Å². The summed E-state index contributed by atoms with van der Waals surface area (Å²) in [6, 6.07) is 3.20. The second-order valence-corrected chi connectivity index (χ2v) is 10.3. The Balaban J connectivity index is 2.24. The van der Waals surface area contributed by atoms with Gasteiger partial charge in [0, 0.05) is 39.0 Å². The Labute approximate surface area is 195 Å². The molecule has 9 nitrogen and oxygen atoms in total. The number of carbonyl (C=O) groups excluding carboxylic acids is 1. The summed E-state index contributed by atoms with van der Waals surface area (Å²) in [7, 11) is 0.913. The van der Waals surface area contributed by atoms with Crippen molar-refractivity contribution < 1.29 is 22.3 Å². The number of amides is 2. The van der Waals surface area contributed by atoms with E-state index in [1.54, 1.807) is 14.2 Å². The summed E-state index contributed by atoms with van der Waals surface area (Å²) in [5.74, 6) is -0.574. The first-order chi connectivity index (χ1) is 15.4. The highest BCUT2D eigenvalue weighted by Gasteiger charge is 2.25. The number of aromatic nitrogens is 2. The van der Waals surface area contributed by atoms with Crippen molar-refractivity contribution in [3.63, 3.8) is 0 Å². The molecule has 1 heterocycles. The van der Waals surface area contributed by atoms with Gasteiger partial charge >= 0.3 is 6.03 Å². The second kappa shape index (κ2) is 11.1. The van der Waals surface area contributed by atoms with Crippen LogP contribution in [0, 0.1) is 5.82 Å². The van der Waals surface area contributed by atoms with Crippen molar-refractivity contribution >= 4 is 21.7 Å². The number of rotatable bonds is 10. The quantitative estimate of drug-likeness (QED) is 0.537. The first-order valence-corrected chi connectivity index (χ1v) is 12.2. The molecule has 0 bridgehead atoms. The summed E-state index contributed by atoms with van der Waals surface area (Å²) in [6.07, 6.45) is 0. The molecule has 2 amide bonds. The number of halogens is 1. The fraction of sp³-hybridized carbons (Fsp3) is 0.545. The molecule has 33 heavy (non-hydrogen) atoms. The Morgan fingerprint density at radius 2 is 1.76 bits per heavy atom. The zero-order valence-corrected chi connectivity index (χ0v) is 21.1. The molecule has 0 aliphatic heterocycles. The number of anilines is 1. The smallest absolute Gasteiger partial charge is 0.333 e. The predicted octanol–water partition coefficient (Wildman–Crippen LogP) is 3.39.